The number of fused-ring (bicyclic) bond motifs is 1. The molecule has 2 aromatic carbocycles. The molecule has 3 aromatic rings. The molecule has 5 nitrogen and oxygen atoms in total. The summed E-state index contributed by atoms with van der Waals surface area (Å²) in [7, 11) is 1.64. The maximum Gasteiger partial charge on any atom is 0.244 e. The maximum atomic E-state index is 12.4. The van der Waals surface area contributed by atoms with Gasteiger partial charge in [-0.3, -0.25) is 4.79 Å². The van der Waals surface area contributed by atoms with Gasteiger partial charge in [-0.1, -0.05) is 30.3 Å². The van der Waals surface area contributed by atoms with E-state index in [0.717, 1.165) is 42.0 Å². The quantitative estimate of drug-likeness (QED) is 0.676. The summed E-state index contributed by atoms with van der Waals surface area (Å²) in [4.78, 5) is 16.7. The van der Waals surface area contributed by atoms with Gasteiger partial charge in [-0.2, -0.15) is 0 Å². The molecule has 1 N–H and O–H groups in total. The highest BCUT2D eigenvalue weighted by molar-refractivity contribution is 5.92. The molecule has 0 fully saturated rings. The highest BCUT2D eigenvalue weighted by Crippen LogP contribution is 2.25. The first-order chi connectivity index (χ1) is 14.1. The molecule has 0 aliphatic heterocycles. The summed E-state index contributed by atoms with van der Waals surface area (Å²) < 4.78 is 7.45. The van der Waals surface area contributed by atoms with Crippen LogP contribution in [0, 0.1) is 6.92 Å². The number of amides is 1. The number of aromatic nitrogens is 2. The van der Waals surface area contributed by atoms with E-state index in [4.69, 9.17) is 4.74 Å². The molecule has 4 rings (SSSR count). The van der Waals surface area contributed by atoms with Gasteiger partial charge in [0.15, 0.2) is 0 Å². The number of carbonyl (C=O) groups is 1. The van der Waals surface area contributed by atoms with Crippen molar-refractivity contribution in [1.82, 2.24) is 14.9 Å². The lowest BCUT2D eigenvalue weighted by Gasteiger charge is -2.25. The van der Waals surface area contributed by atoms with Crippen molar-refractivity contribution in [2.75, 3.05) is 7.11 Å². The number of carbonyl (C=O) groups excluding carboxylic acids is 1. The number of hydrogen-bond acceptors (Lipinski definition) is 3. The summed E-state index contributed by atoms with van der Waals surface area (Å²) in [5, 5.41) is 3.13. The summed E-state index contributed by atoms with van der Waals surface area (Å²) in [6.45, 7) is 1.95. The number of aryl methyl sites for hydroxylation is 2. The normalized spacial score (nSPS) is 15.9. The Hall–Kier alpha value is -3.34. The lowest BCUT2D eigenvalue weighted by atomic mass is 9.88. The van der Waals surface area contributed by atoms with Crippen LogP contribution in [-0.4, -0.2) is 28.6 Å². The van der Waals surface area contributed by atoms with Crippen molar-refractivity contribution in [3.8, 4) is 11.4 Å². The van der Waals surface area contributed by atoms with E-state index in [1.807, 2.05) is 42.0 Å². The van der Waals surface area contributed by atoms with Crippen LogP contribution in [-0.2, 0) is 17.6 Å². The van der Waals surface area contributed by atoms with Gasteiger partial charge in [0.1, 0.15) is 5.75 Å². The Morgan fingerprint density at radius 1 is 1.24 bits per heavy atom. The Morgan fingerprint density at radius 3 is 2.83 bits per heavy atom. The molecule has 1 atom stereocenters. The summed E-state index contributed by atoms with van der Waals surface area (Å²) in [6, 6.07) is 14.5. The zero-order valence-electron chi connectivity index (χ0n) is 16.8. The number of benzene rings is 2. The number of rotatable bonds is 5. The minimum absolute atomic E-state index is 0.0670. The Bertz CT molecular complexity index is 1050. The fraction of sp³-hybridized carbons (Fsp3) is 0.250. The van der Waals surface area contributed by atoms with Gasteiger partial charge in [0.25, 0.3) is 0 Å². The van der Waals surface area contributed by atoms with Gasteiger partial charge in [-0.05, 0) is 61.1 Å². The monoisotopic (exact) mass is 387 g/mol. The molecule has 1 aliphatic rings. The van der Waals surface area contributed by atoms with Gasteiger partial charge in [-0.15, -0.1) is 0 Å². The second kappa shape index (κ2) is 8.35. The minimum Gasteiger partial charge on any atom is -0.495 e. The predicted molar refractivity (Wildman–Crippen MR) is 114 cm³/mol. The topological polar surface area (TPSA) is 56.1 Å². The zero-order valence-corrected chi connectivity index (χ0v) is 16.8. The molecule has 0 radical (unpaired) electrons. The molecule has 148 valence electrons. The summed E-state index contributed by atoms with van der Waals surface area (Å²) >= 11 is 0. The van der Waals surface area contributed by atoms with Gasteiger partial charge in [0.2, 0.25) is 5.91 Å². The van der Waals surface area contributed by atoms with E-state index in [1.54, 1.807) is 19.5 Å². The number of nitrogens with zero attached hydrogens (tertiary/aromatic N) is 2. The molecule has 0 saturated heterocycles. The predicted octanol–water partition coefficient (Wildman–Crippen LogP) is 3.88. The Morgan fingerprint density at radius 2 is 2.07 bits per heavy atom. The number of imidazole rings is 1. The fourth-order valence-electron chi connectivity index (χ4n) is 3.81. The van der Waals surface area contributed by atoms with Gasteiger partial charge in [-0.25, -0.2) is 4.98 Å². The van der Waals surface area contributed by atoms with Crippen LogP contribution in [0.5, 0.6) is 5.75 Å². The van der Waals surface area contributed by atoms with E-state index in [0.29, 0.717) is 0 Å². The Kier molecular flexibility index (Phi) is 5.47. The summed E-state index contributed by atoms with van der Waals surface area (Å²) in [5.41, 5.74) is 5.50. The first kappa shape index (κ1) is 19.0. The van der Waals surface area contributed by atoms with Crippen molar-refractivity contribution >= 4 is 12.0 Å². The third kappa shape index (κ3) is 4.40. The largest absolute Gasteiger partial charge is 0.495 e. The lowest BCUT2D eigenvalue weighted by Crippen LogP contribution is -2.37. The van der Waals surface area contributed by atoms with Crippen LogP contribution in [0.3, 0.4) is 0 Å². The molecule has 1 heterocycles. The molecular formula is C24H25N3O2. The smallest absolute Gasteiger partial charge is 0.244 e. The van der Waals surface area contributed by atoms with Crippen molar-refractivity contribution in [1.29, 1.82) is 0 Å². The maximum absolute atomic E-state index is 12.4. The number of ether oxygens (including phenoxy) is 1. The molecule has 0 bridgehead atoms. The summed E-state index contributed by atoms with van der Waals surface area (Å²) in [5.74, 6) is 0.663. The van der Waals surface area contributed by atoms with E-state index < -0.39 is 0 Å². The summed E-state index contributed by atoms with van der Waals surface area (Å²) in [6.07, 6.45) is 10.00. The van der Waals surface area contributed by atoms with Gasteiger partial charge in [0, 0.05) is 18.3 Å². The highest BCUT2D eigenvalue weighted by Gasteiger charge is 2.18. The number of nitrogens with one attached hydrogen (secondary N) is 1. The van der Waals surface area contributed by atoms with E-state index in [1.165, 1.54) is 11.1 Å². The van der Waals surface area contributed by atoms with E-state index >= 15 is 0 Å². The standard InChI is InChI=1S/C24H25N3O2/c1-17-15-27(16-25-17)22-11-7-18(13-23(22)29-2)8-12-24(28)26-21-10-9-19-5-3-4-6-20(19)14-21/h3-8,11-13,15-16,21H,9-10,14H2,1-2H3,(H,26,28)/b12-8+. The van der Waals surface area contributed by atoms with E-state index in [-0.39, 0.29) is 11.9 Å². The minimum atomic E-state index is -0.0670. The first-order valence-electron chi connectivity index (χ1n) is 9.87. The van der Waals surface area contributed by atoms with E-state index in [9.17, 15) is 4.79 Å². The van der Waals surface area contributed by atoms with Crippen molar-refractivity contribution < 1.29 is 9.53 Å². The zero-order chi connectivity index (χ0) is 20.2. The van der Waals surface area contributed by atoms with Crippen LogP contribution >= 0.6 is 0 Å². The van der Waals surface area contributed by atoms with Crippen LogP contribution in [0.2, 0.25) is 0 Å². The second-order valence-electron chi connectivity index (χ2n) is 7.40. The molecular weight excluding hydrogens is 362 g/mol. The molecule has 29 heavy (non-hydrogen) atoms. The SMILES string of the molecule is COc1cc(/C=C/C(=O)NC2CCc3ccccc3C2)ccc1-n1cnc(C)c1. The van der Waals surface area contributed by atoms with Gasteiger partial charge < -0.3 is 14.6 Å². The average Bonchev–Trinajstić information content (AvgIpc) is 3.18. The molecule has 1 aromatic heterocycles. The van der Waals surface area contributed by atoms with Crippen molar-refractivity contribution in [2.24, 2.45) is 0 Å². The van der Waals surface area contributed by atoms with E-state index in [2.05, 4.69) is 34.6 Å². The van der Waals surface area contributed by atoms with Crippen LogP contribution in [0.25, 0.3) is 11.8 Å². The van der Waals surface area contributed by atoms with Crippen molar-refractivity contribution in [3.63, 3.8) is 0 Å². The Labute approximate surface area is 171 Å². The first-order valence-corrected chi connectivity index (χ1v) is 9.87. The molecule has 1 unspecified atom stereocenters. The van der Waals surface area contributed by atoms with Crippen molar-refractivity contribution in [3.05, 3.63) is 83.4 Å². The molecule has 0 spiro atoms. The fourth-order valence-corrected chi connectivity index (χ4v) is 3.81. The lowest BCUT2D eigenvalue weighted by molar-refractivity contribution is -0.117. The van der Waals surface area contributed by atoms with Crippen LogP contribution < -0.4 is 10.1 Å². The van der Waals surface area contributed by atoms with Crippen molar-refractivity contribution in [2.45, 2.75) is 32.2 Å². The molecule has 1 amide bonds. The molecule has 5 heteroatoms. The third-order valence-electron chi connectivity index (χ3n) is 5.31. The van der Waals surface area contributed by atoms with Crippen LogP contribution in [0.4, 0.5) is 0 Å². The second-order valence-corrected chi connectivity index (χ2v) is 7.40. The average molecular weight is 387 g/mol. The number of methoxy groups -OCH3 is 1. The van der Waals surface area contributed by atoms with Gasteiger partial charge >= 0.3 is 0 Å². The number of hydrogen-bond donors (Lipinski definition) is 1. The van der Waals surface area contributed by atoms with Gasteiger partial charge in [0.05, 0.1) is 24.8 Å². The van der Waals surface area contributed by atoms with Crippen LogP contribution in [0.15, 0.2) is 61.1 Å². The Balaban J connectivity index is 1.41. The molecule has 1 aliphatic carbocycles. The third-order valence-corrected chi connectivity index (χ3v) is 5.31. The van der Waals surface area contributed by atoms with Crippen LogP contribution in [0.1, 0.15) is 28.8 Å². The molecule has 0 saturated carbocycles. The highest BCUT2D eigenvalue weighted by atomic mass is 16.5.